The average Bonchev–Trinajstić information content (AvgIpc) is 3.07. The van der Waals surface area contributed by atoms with Gasteiger partial charge in [0.05, 0.1) is 13.8 Å². The number of rotatable bonds is 7. The summed E-state index contributed by atoms with van der Waals surface area (Å²) in [5.41, 5.74) is 1.97. The number of unbranched alkanes of at least 4 members (excludes halogenated alkanes) is 1. The van der Waals surface area contributed by atoms with Crippen molar-refractivity contribution in [2.45, 2.75) is 26.3 Å². The zero-order chi connectivity index (χ0) is 17.6. The lowest BCUT2D eigenvalue weighted by Crippen LogP contribution is -2.24. The Hall–Kier alpha value is -3.01. The number of nitriles is 1. The maximum atomic E-state index is 9.24. The van der Waals surface area contributed by atoms with Crippen LogP contribution in [-0.4, -0.2) is 30.3 Å². The van der Waals surface area contributed by atoms with Crippen molar-refractivity contribution in [2.24, 2.45) is 0 Å². The van der Waals surface area contributed by atoms with Crippen LogP contribution in [0, 0.1) is 11.3 Å². The van der Waals surface area contributed by atoms with Crippen molar-refractivity contribution in [2.75, 3.05) is 35.9 Å². The first kappa shape index (κ1) is 16.8. The van der Waals surface area contributed by atoms with Gasteiger partial charge in [0, 0.05) is 13.1 Å². The Kier molecular flexibility index (Phi) is 5.19. The molecule has 0 spiro atoms. The molecule has 7 heteroatoms. The van der Waals surface area contributed by atoms with Crippen molar-refractivity contribution in [1.82, 2.24) is 9.97 Å². The number of nitrogens with zero attached hydrogens (tertiary/aromatic N) is 4. The summed E-state index contributed by atoms with van der Waals surface area (Å²) >= 11 is 0. The summed E-state index contributed by atoms with van der Waals surface area (Å²) < 4.78 is 5.17. The van der Waals surface area contributed by atoms with Crippen LogP contribution in [0.1, 0.15) is 31.2 Å². The molecule has 3 rings (SSSR count). The third-order valence-electron chi connectivity index (χ3n) is 4.14. The number of anilines is 3. The molecule has 0 fully saturated rings. The number of methoxy groups -OCH3 is 1. The van der Waals surface area contributed by atoms with Crippen LogP contribution >= 0.6 is 0 Å². The van der Waals surface area contributed by atoms with Crippen LogP contribution in [0.5, 0.6) is 5.75 Å². The van der Waals surface area contributed by atoms with Gasteiger partial charge in [-0.1, -0.05) is 25.5 Å². The molecule has 1 aliphatic rings. The number of ether oxygens (including phenoxy) is 1. The Morgan fingerprint density at radius 1 is 1.32 bits per heavy atom. The molecule has 0 atom stereocenters. The average molecular weight is 338 g/mol. The maximum Gasteiger partial charge on any atom is 0.236 e. The molecule has 0 amide bonds. The number of benzene rings is 1. The van der Waals surface area contributed by atoms with Gasteiger partial charge in [0.2, 0.25) is 5.82 Å². The molecule has 0 bridgehead atoms. The number of hydrogen-bond acceptors (Lipinski definition) is 7. The molecule has 0 aliphatic carbocycles. The minimum atomic E-state index is 0.182. The van der Waals surface area contributed by atoms with E-state index < -0.39 is 0 Å². The van der Waals surface area contributed by atoms with Gasteiger partial charge in [-0.25, -0.2) is 0 Å². The van der Waals surface area contributed by atoms with Gasteiger partial charge in [-0.3, -0.25) is 0 Å². The number of aromatic nitrogens is 2. The third kappa shape index (κ3) is 3.74. The molecular weight excluding hydrogens is 316 g/mol. The highest BCUT2D eigenvalue weighted by Crippen LogP contribution is 2.35. The molecular formula is C18H22N6O. The van der Waals surface area contributed by atoms with Crippen LogP contribution in [0.25, 0.3) is 0 Å². The predicted octanol–water partition coefficient (Wildman–Crippen LogP) is 2.96. The Morgan fingerprint density at radius 2 is 2.12 bits per heavy atom. The molecule has 130 valence electrons. The minimum Gasteiger partial charge on any atom is -0.497 e. The molecule has 0 unspecified atom stereocenters. The molecule has 0 saturated heterocycles. The largest absolute Gasteiger partial charge is 0.497 e. The van der Waals surface area contributed by atoms with E-state index in [1.54, 1.807) is 7.11 Å². The summed E-state index contributed by atoms with van der Waals surface area (Å²) in [6, 6.07) is 9.90. The van der Waals surface area contributed by atoms with E-state index in [0.29, 0.717) is 19.0 Å². The second-order valence-corrected chi connectivity index (χ2v) is 5.86. The van der Waals surface area contributed by atoms with E-state index in [0.717, 1.165) is 42.2 Å². The molecule has 0 radical (unpaired) electrons. The maximum absolute atomic E-state index is 9.24. The molecule has 2 N–H and O–H groups in total. The highest BCUT2D eigenvalue weighted by molar-refractivity contribution is 5.81. The second-order valence-electron chi connectivity index (χ2n) is 5.86. The van der Waals surface area contributed by atoms with Crippen LogP contribution in [-0.2, 0) is 6.54 Å². The fourth-order valence-electron chi connectivity index (χ4n) is 2.73. The van der Waals surface area contributed by atoms with Gasteiger partial charge in [-0.2, -0.15) is 15.2 Å². The van der Waals surface area contributed by atoms with E-state index in [4.69, 9.17) is 4.74 Å². The highest BCUT2D eigenvalue weighted by atomic mass is 16.5. The van der Waals surface area contributed by atoms with Gasteiger partial charge in [0.25, 0.3) is 0 Å². The first-order valence-electron chi connectivity index (χ1n) is 8.43. The van der Waals surface area contributed by atoms with Crippen molar-refractivity contribution in [3.8, 4) is 11.8 Å². The lowest BCUT2D eigenvalue weighted by atomic mass is 10.2. The van der Waals surface area contributed by atoms with E-state index in [2.05, 4.69) is 38.5 Å². The molecule has 25 heavy (non-hydrogen) atoms. The molecule has 1 aromatic heterocycles. The summed E-state index contributed by atoms with van der Waals surface area (Å²) in [6.07, 6.45) is 2.20. The molecule has 2 aromatic rings. The molecule has 1 aromatic carbocycles. The summed E-state index contributed by atoms with van der Waals surface area (Å²) in [5.74, 6) is 2.47. The van der Waals surface area contributed by atoms with Crippen LogP contribution in [0.3, 0.4) is 0 Å². The standard InChI is InChI=1S/C18H22N6O/c1-3-4-9-24-12-21-16-17(22-15(10-19)23-18(16)24)20-11-13-5-7-14(25-2)8-6-13/h5-8,21H,3-4,9,11-12H2,1-2H3,(H,20,22,23). The predicted molar refractivity (Wildman–Crippen MR) is 97.8 cm³/mol. The molecule has 0 saturated carbocycles. The zero-order valence-electron chi connectivity index (χ0n) is 14.5. The fraction of sp³-hybridized carbons (Fsp3) is 0.389. The van der Waals surface area contributed by atoms with Gasteiger partial charge in [-0.15, -0.1) is 0 Å². The Morgan fingerprint density at radius 3 is 2.80 bits per heavy atom. The lowest BCUT2D eigenvalue weighted by molar-refractivity contribution is 0.414. The van der Waals surface area contributed by atoms with Gasteiger partial charge in [0.1, 0.15) is 17.5 Å². The van der Waals surface area contributed by atoms with E-state index in [-0.39, 0.29) is 5.82 Å². The van der Waals surface area contributed by atoms with E-state index in [9.17, 15) is 5.26 Å². The van der Waals surface area contributed by atoms with Crippen LogP contribution in [0.4, 0.5) is 17.3 Å². The number of hydrogen-bond donors (Lipinski definition) is 2. The third-order valence-corrected chi connectivity index (χ3v) is 4.14. The molecule has 2 heterocycles. The van der Waals surface area contributed by atoms with Crippen molar-refractivity contribution < 1.29 is 4.74 Å². The summed E-state index contributed by atoms with van der Waals surface area (Å²) in [7, 11) is 1.65. The first-order valence-corrected chi connectivity index (χ1v) is 8.43. The first-order chi connectivity index (χ1) is 12.2. The summed E-state index contributed by atoms with van der Waals surface area (Å²) in [5, 5.41) is 15.9. The van der Waals surface area contributed by atoms with E-state index in [1.807, 2.05) is 24.3 Å². The van der Waals surface area contributed by atoms with E-state index in [1.165, 1.54) is 0 Å². The monoisotopic (exact) mass is 338 g/mol. The lowest BCUT2D eigenvalue weighted by Gasteiger charge is -2.16. The fourth-order valence-corrected chi connectivity index (χ4v) is 2.73. The number of fused-ring (bicyclic) bond motifs is 1. The summed E-state index contributed by atoms with van der Waals surface area (Å²) in [6.45, 7) is 4.37. The zero-order valence-corrected chi connectivity index (χ0v) is 14.5. The summed E-state index contributed by atoms with van der Waals surface area (Å²) in [4.78, 5) is 10.9. The van der Waals surface area contributed by atoms with Crippen LogP contribution < -0.4 is 20.3 Å². The smallest absolute Gasteiger partial charge is 0.236 e. The van der Waals surface area contributed by atoms with E-state index >= 15 is 0 Å². The van der Waals surface area contributed by atoms with Crippen LogP contribution in [0.2, 0.25) is 0 Å². The van der Waals surface area contributed by atoms with Crippen molar-refractivity contribution in [3.05, 3.63) is 35.7 Å². The Labute approximate surface area is 147 Å². The van der Waals surface area contributed by atoms with Crippen molar-refractivity contribution in [1.29, 1.82) is 5.26 Å². The van der Waals surface area contributed by atoms with Crippen molar-refractivity contribution >= 4 is 17.3 Å². The van der Waals surface area contributed by atoms with Gasteiger partial charge >= 0.3 is 0 Å². The van der Waals surface area contributed by atoms with Gasteiger partial charge in [-0.05, 0) is 24.1 Å². The van der Waals surface area contributed by atoms with Gasteiger partial charge in [0.15, 0.2) is 11.6 Å². The van der Waals surface area contributed by atoms with Crippen LogP contribution in [0.15, 0.2) is 24.3 Å². The normalized spacial score (nSPS) is 12.3. The quantitative estimate of drug-likeness (QED) is 0.802. The molecule has 1 aliphatic heterocycles. The topological polar surface area (TPSA) is 86.1 Å². The SMILES string of the molecule is CCCCN1CNc2c(NCc3ccc(OC)cc3)nc(C#N)nc21. The minimum absolute atomic E-state index is 0.182. The second kappa shape index (κ2) is 7.71. The Bertz CT molecular complexity index is 768. The highest BCUT2D eigenvalue weighted by Gasteiger charge is 2.25. The van der Waals surface area contributed by atoms with Gasteiger partial charge < -0.3 is 20.3 Å². The molecule has 7 nitrogen and oxygen atoms in total. The number of nitrogens with one attached hydrogen (secondary N) is 2. The van der Waals surface area contributed by atoms with Crippen molar-refractivity contribution in [3.63, 3.8) is 0 Å². The Balaban J connectivity index is 1.79.